The van der Waals surface area contributed by atoms with Crippen LogP contribution in [0.25, 0.3) is 10.9 Å². The molecule has 1 atom stereocenters. The second-order valence-corrected chi connectivity index (χ2v) is 9.75. The maximum atomic E-state index is 13.5. The van der Waals surface area contributed by atoms with Crippen LogP contribution in [0.5, 0.6) is 5.75 Å². The lowest BCUT2D eigenvalue weighted by Gasteiger charge is -2.32. The van der Waals surface area contributed by atoms with E-state index >= 15 is 0 Å². The summed E-state index contributed by atoms with van der Waals surface area (Å²) in [7, 11) is 0. The summed E-state index contributed by atoms with van der Waals surface area (Å²) in [5.41, 5.74) is 4.85. The van der Waals surface area contributed by atoms with Crippen molar-refractivity contribution in [3.63, 3.8) is 0 Å². The normalized spacial score (nSPS) is 16.5. The van der Waals surface area contributed by atoms with E-state index in [2.05, 4.69) is 80.5 Å². The average Bonchev–Trinajstić information content (AvgIpc) is 3.40. The van der Waals surface area contributed by atoms with E-state index in [1.807, 2.05) is 12.1 Å². The van der Waals surface area contributed by atoms with Gasteiger partial charge in [0.25, 0.3) is 0 Å². The van der Waals surface area contributed by atoms with Gasteiger partial charge in [-0.25, -0.2) is 4.79 Å². The first-order valence-electron chi connectivity index (χ1n) is 13.8. The monoisotopic (exact) mass is 511 g/mol. The van der Waals surface area contributed by atoms with Gasteiger partial charge in [0.05, 0.1) is 12.2 Å². The lowest BCUT2D eigenvalue weighted by molar-refractivity contribution is 0.0237. The summed E-state index contributed by atoms with van der Waals surface area (Å²) in [4.78, 5) is 20.6. The zero-order valence-corrected chi connectivity index (χ0v) is 23.1. The van der Waals surface area contributed by atoms with E-state index in [1.54, 1.807) is 12.3 Å². The molecule has 0 bridgehead atoms. The van der Waals surface area contributed by atoms with Gasteiger partial charge in [0.1, 0.15) is 11.4 Å². The highest BCUT2D eigenvalue weighted by atomic mass is 16.6. The number of aromatic nitrogens is 2. The summed E-state index contributed by atoms with van der Waals surface area (Å²) < 4.78 is 15.3. The number of rotatable bonds is 10. The molecule has 6 heteroatoms. The van der Waals surface area contributed by atoms with Gasteiger partial charge in [-0.05, 0) is 64.4 Å². The third-order valence-electron chi connectivity index (χ3n) is 7.73. The molecule has 198 valence electrons. The molecule has 2 aromatic carbocycles. The van der Waals surface area contributed by atoms with Crippen molar-refractivity contribution >= 4 is 22.6 Å². The molecule has 1 aliphatic rings. The first-order chi connectivity index (χ1) is 18.5. The van der Waals surface area contributed by atoms with E-state index in [4.69, 9.17) is 14.5 Å². The van der Waals surface area contributed by atoms with Crippen LogP contribution < -0.4 is 9.64 Å². The Labute approximate surface area is 225 Å². The summed E-state index contributed by atoms with van der Waals surface area (Å²) in [6.45, 7) is 13.9. The number of para-hydroxylation sites is 1. The van der Waals surface area contributed by atoms with Gasteiger partial charge >= 0.3 is 5.97 Å². The van der Waals surface area contributed by atoms with Gasteiger partial charge < -0.3 is 18.9 Å². The number of nitrogens with zero attached hydrogens (tertiary/aromatic N) is 3. The van der Waals surface area contributed by atoms with Crippen molar-refractivity contribution in [2.24, 2.45) is 0 Å². The fourth-order valence-corrected chi connectivity index (χ4v) is 5.90. The number of fused-ring (bicyclic) bond motifs is 2. The number of benzene rings is 2. The molecule has 3 heterocycles. The molecule has 0 fully saturated rings. The van der Waals surface area contributed by atoms with Crippen LogP contribution in [0.2, 0.25) is 0 Å². The third kappa shape index (κ3) is 3.94. The van der Waals surface area contributed by atoms with Crippen LogP contribution in [-0.4, -0.2) is 35.2 Å². The minimum atomic E-state index is -1.23. The van der Waals surface area contributed by atoms with Crippen molar-refractivity contribution in [3.05, 3.63) is 88.9 Å². The molecule has 0 spiro atoms. The summed E-state index contributed by atoms with van der Waals surface area (Å²) in [5, 5.41) is 1.05. The first-order valence-corrected chi connectivity index (χ1v) is 13.8. The Morgan fingerprint density at radius 3 is 2.55 bits per heavy atom. The highest BCUT2D eigenvalue weighted by Crippen LogP contribution is 2.52. The minimum absolute atomic E-state index is 0.367. The molecule has 0 aliphatic carbocycles. The predicted octanol–water partition coefficient (Wildman–Crippen LogP) is 6.85. The van der Waals surface area contributed by atoms with Crippen molar-refractivity contribution in [2.45, 2.75) is 59.6 Å². The number of hydrogen-bond donors (Lipinski definition) is 0. The smallest absolute Gasteiger partial charge is 0.341 e. The van der Waals surface area contributed by atoms with Crippen molar-refractivity contribution in [1.82, 2.24) is 9.55 Å². The van der Waals surface area contributed by atoms with Crippen LogP contribution in [0, 0.1) is 6.92 Å². The quantitative estimate of drug-likeness (QED) is 0.172. The van der Waals surface area contributed by atoms with Crippen LogP contribution in [0.15, 0.2) is 60.8 Å². The van der Waals surface area contributed by atoms with Crippen molar-refractivity contribution in [3.8, 4) is 5.75 Å². The zero-order chi connectivity index (χ0) is 26.9. The maximum Gasteiger partial charge on any atom is 0.341 e. The molecule has 2 aromatic heterocycles. The SMILES string of the molecule is CCCCOc1cc(N(CC)CC)ccc1C1(c2c(C)n(CC)c3ccccc23)OC(=O)c2cccnc21. The topological polar surface area (TPSA) is 56.6 Å². The number of esters is 1. The Balaban J connectivity index is 1.87. The van der Waals surface area contributed by atoms with Crippen molar-refractivity contribution in [2.75, 3.05) is 24.6 Å². The van der Waals surface area contributed by atoms with Crippen LogP contribution in [0.1, 0.15) is 73.4 Å². The fourth-order valence-electron chi connectivity index (χ4n) is 5.90. The highest BCUT2D eigenvalue weighted by Gasteiger charge is 2.54. The van der Waals surface area contributed by atoms with E-state index in [9.17, 15) is 4.79 Å². The molecule has 1 unspecified atom stereocenters. The number of aryl methyl sites for hydroxylation is 1. The van der Waals surface area contributed by atoms with E-state index in [0.717, 1.165) is 71.6 Å². The molecular formula is C32H37N3O3. The second kappa shape index (κ2) is 10.5. The molecule has 5 rings (SSSR count). The third-order valence-corrected chi connectivity index (χ3v) is 7.73. The molecule has 1 aliphatic heterocycles. The molecule has 6 nitrogen and oxygen atoms in total. The Morgan fingerprint density at radius 1 is 1.03 bits per heavy atom. The second-order valence-electron chi connectivity index (χ2n) is 9.75. The van der Waals surface area contributed by atoms with Crippen molar-refractivity contribution < 1.29 is 14.3 Å². The van der Waals surface area contributed by atoms with Gasteiger partial charge in [-0.1, -0.05) is 31.5 Å². The van der Waals surface area contributed by atoms with Crippen LogP contribution >= 0.6 is 0 Å². The number of hydrogen-bond acceptors (Lipinski definition) is 5. The molecule has 0 saturated carbocycles. The average molecular weight is 512 g/mol. The van der Waals surface area contributed by atoms with E-state index in [1.165, 1.54) is 0 Å². The maximum absolute atomic E-state index is 13.5. The van der Waals surface area contributed by atoms with Crippen LogP contribution in [-0.2, 0) is 16.9 Å². The van der Waals surface area contributed by atoms with Gasteiger partial charge in [-0.2, -0.15) is 0 Å². The van der Waals surface area contributed by atoms with E-state index in [-0.39, 0.29) is 5.97 Å². The Hall–Kier alpha value is -3.80. The van der Waals surface area contributed by atoms with Crippen molar-refractivity contribution in [1.29, 1.82) is 0 Å². The number of pyridine rings is 1. The van der Waals surface area contributed by atoms with E-state index in [0.29, 0.717) is 17.9 Å². The molecule has 0 amide bonds. The molecular weight excluding hydrogens is 474 g/mol. The highest BCUT2D eigenvalue weighted by molar-refractivity contribution is 5.98. The molecule has 38 heavy (non-hydrogen) atoms. The minimum Gasteiger partial charge on any atom is -0.493 e. The predicted molar refractivity (Wildman–Crippen MR) is 152 cm³/mol. The largest absolute Gasteiger partial charge is 0.493 e. The lowest BCUT2D eigenvalue weighted by Crippen LogP contribution is -2.32. The van der Waals surface area contributed by atoms with Crippen LogP contribution in [0.4, 0.5) is 5.69 Å². The number of carbonyl (C=O) groups is 1. The van der Waals surface area contributed by atoms with E-state index < -0.39 is 5.60 Å². The zero-order valence-electron chi connectivity index (χ0n) is 23.1. The molecule has 0 saturated heterocycles. The standard InChI is InChI=1S/C32H37N3O3/c1-6-10-20-37-28-21-23(34(7-2)8-3)17-18-26(28)32(30-25(31(36)38-32)15-13-19-33-30)29-22(5)35(9-4)27-16-12-11-14-24(27)29/h11-19,21H,6-10,20H2,1-5H3. The molecule has 0 N–H and O–H groups in total. The summed E-state index contributed by atoms with van der Waals surface area (Å²) in [5.74, 6) is 0.357. The van der Waals surface area contributed by atoms with Gasteiger partial charge in [0, 0.05) is 65.3 Å². The fraction of sp³-hybridized carbons (Fsp3) is 0.375. The number of carbonyl (C=O) groups excluding carboxylic acids is 1. The van der Waals surface area contributed by atoms with Gasteiger partial charge in [-0.3, -0.25) is 4.98 Å². The Bertz CT molecular complexity index is 1470. The first kappa shape index (κ1) is 25.8. The van der Waals surface area contributed by atoms with Gasteiger partial charge in [-0.15, -0.1) is 0 Å². The number of cyclic esters (lactones) is 1. The molecule has 4 aromatic rings. The Kier molecular flexibility index (Phi) is 7.15. The Morgan fingerprint density at radius 2 is 1.82 bits per heavy atom. The number of ether oxygens (including phenoxy) is 2. The van der Waals surface area contributed by atoms with Gasteiger partial charge in [0.15, 0.2) is 0 Å². The summed E-state index contributed by atoms with van der Waals surface area (Å²) in [6, 6.07) is 18.2. The number of unbranched alkanes of at least 4 members (excludes halogenated alkanes) is 1. The lowest BCUT2D eigenvalue weighted by atomic mass is 9.80. The number of anilines is 1. The van der Waals surface area contributed by atoms with Gasteiger partial charge in [0.2, 0.25) is 5.60 Å². The van der Waals surface area contributed by atoms with Crippen LogP contribution in [0.3, 0.4) is 0 Å². The molecule has 0 radical (unpaired) electrons. The summed E-state index contributed by atoms with van der Waals surface area (Å²) in [6.07, 6.45) is 3.70. The summed E-state index contributed by atoms with van der Waals surface area (Å²) >= 11 is 0.